The molecule has 1 aromatic rings. The minimum Gasteiger partial charge on any atom is -0.478 e. The van der Waals surface area contributed by atoms with Gasteiger partial charge in [0.1, 0.15) is 0 Å². The van der Waals surface area contributed by atoms with Crippen LogP contribution in [-0.2, 0) is 14.7 Å². The Balaban J connectivity index is 3.62. The van der Waals surface area contributed by atoms with Crippen LogP contribution in [0.3, 0.4) is 0 Å². The van der Waals surface area contributed by atoms with Gasteiger partial charge in [0.2, 0.25) is 0 Å². The van der Waals surface area contributed by atoms with E-state index in [1.807, 2.05) is 0 Å². The maximum atomic E-state index is 12.3. The van der Waals surface area contributed by atoms with Gasteiger partial charge < -0.3 is 5.11 Å². The zero-order valence-electron chi connectivity index (χ0n) is 11.6. The van der Waals surface area contributed by atoms with Crippen LogP contribution in [0.15, 0.2) is 17.0 Å². The number of aromatic carboxylic acids is 1. The number of sulfone groups is 1. The topological polar surface area (TPSA) is 101 Å². The largest absolute Gasteiger partial charge is 0.478 e. The Morgan fingerprint density at radius 1 is 1.38 bits per heavy atom. The van der Waals surface area contributed by atoms with E-state index >= 15 is 0 Å². The lowest BCUT2D eigenvalue weighted by Gasteiger charge is -2.18. The molecule has 1 N–H and O–H groups in total. The summed E-state index contributed by atoms with van der Waals surface area (Å²) in [5.41, 5.74) is -0.785. The molecule has 1 aromatic carbocycles. The number of carbonyl (C=O) groups is 2. The van der Waals surface area contributed by atoms with Gasteiger partial charge >= 0.3 is 5.97 Å². The molecule has 0 heterocycles. The van der Waals surface area contributed by atoms with Crippen molar-refractivity contribution in [2.45, 2.75) is 11.8 Å². The molecule has 1 amide bonds. The summed E-state index contributed by atoms with van der Waals surface area (Å²) in [5.74, 6) is -2.21. The average Bonchev–Trinajstić information content (AvgIpc) is 2.36. The van der Waals surface area contributed by atoms with Crippen LogP contribution in [0.4, 0.5) is 0 Å². The molecule has 7 nitrogen and oxygen atoms in total. The van der Waals surface area contributed by atoms with Crippen molar-refractivity contribution in [3.05, 3.63) is 28.3 Å². The first-order valence-electron chi connectivity index (χ1n) is 5.78. The summed E-state index contributed by atoms with van der Waals surface area (Å²) in [5, 5.41) is 9.38. The number of carboxylic acids is 1. The molecule has 0 bridgehead atoms. The van der Waals surface area contributed by atoms with Crippen LogP contribution in [-0.4, -0.2) is 50.4 Å². The molecule has 0 spiro atoms. The quantitative estimate of drug-likeness (QED) is 0.817. The fraction of sp³-hybridized carbons (Fsp3) is 0.333. The zero-order chi connectivity index (χ0) is 16.4. The van der Waals surface area contributed by atoms with E-state index in [2.05, 4.69) is 0 Å². The van der Waals surface area contributed by atoms with Crippen molar-refractivity contribution < 1.29 is 28.0 Å². The third kappa shape index (κ3) is 3.72. The smallest absolute Gasteiger partial charge is 0.337 e. The molecule has 0 aliphatic rings. The Bertz CT molecular complexity index is 685. The molecule has 0 radical (unpaired) electrons. The van der Waals surface area contributed by atoms with Gasteiger partial charge in [0.25, 0.3) is 5.91 Å². The Labute approximate surface area is 126 Å². The fourth-order valence-corrected chi connectivity index (χ4v) is 2.90. The molecular weight excluding hydrogens is 322 g/mol. The van der Waals surface area contributed by atoms with Crippen LogP contribution >= 0.6 is 11.6 Å². The minimum atomic E-state index is -3.77. The van der Waals surface area contributed by atoms with Crippen molar-refractivity contribution >= 4 is 33.3 Å². The molecule has 0 aromatic heterocycles. The van der Waals surface area contributed by atoms with Crippen LogP contribution < -0.4 is 0 Å². The van der Waals surface area contributed by atoms with Gasteiger partial charge in [-0.25, -0.2) is 18.3 Å². The van der Waals surface area contributed by atoms with Gasteiger partial charge in [0.05, 0.1) is 27.7 Å². The molecule has 0 unspecified atom stereocenters. The Morgan fingerprint density at radius 3 is 2.38 bits per heavy atom. The van der Waals surface area contributed by atoms with Gasteiger partial charge in [-0.1, -0.05) is 11.6 Å². The van der Waals surface area contributed by atoms with E-state index in [1.54, 1.807) is 6.92 Å². The number of halogens is 1. The predicted molar refractivity (Wildman–Crippen MR) is 75.2 cm³/mol. The van der Waals surface area contributed by atoms with E-state index in [-0.39, 0.29) is 17.1 Å². The second-order valence-corrected chi connectivity index (χ2v) is 6.46. The highest BCUT2D eigenvalue weighted by atomic mass is 35.5. The van der Waals surface area contributed by atoms with Crippen LogP contribution in [0.2, 0.25) is 5.02 Å². The number of carboxylic acid groups (broad SMARTS) is 1. The minimum absolute atomic E-state index is 0.173. The Kier molecular flexibility index (Phi) is 5.32. The highest BCUT2D eigenvalue weighted by molar-refractivity contribution is 7.90. The molecule has 0 fully saturated rings. The first-order valence-corrected chi connectivity index (χ1v) is 8.05. The van der Waals surface area contributed by atoms with Crippen LogP contribution in [0.1, 0.15) is 27.6 Å². The van der Waals surface area contributed by atoms with Crippen LogP contribution in [0, 0.1) is 0 Å². The second kappa shape index (κ2) is 6.42. The first-order chi connectivity index (χ1) is 9.61. The first kappa shape index (κ1) is 17.4. The van der Waals surface area contributed by atoms with Gasteiger partial charge in [-0.05, 0) is 19.1 Å². The molecule has 0 aliphatic heterocycles. The average molecular weight is 336 g/mol. The van der Waals surface area contributed by atoms with Crippen LogP contribution in [0.25, 0.3) is 0 Å². The lowest BCUT2D eigenvalue weighted by atomic mass is 10.1. The highest BCUT2D eigenvalue weighted by Crippen LogP contribution is 2.29. The Hall–Kier alpha value is -1.64. The summed E-state index contributed by atoms with van der Waals surface area (Å²) in [4.78, 5) is 27.9. The van der Waals surface area contributed by atoms with E-state index in [4.69, 9.17) is 21.5 Å². The van der Waals surface area contributed by atoms with E-state index < -0.39 is 32.3 Å². The summed E-state index contributed by atoms with van der Waals surface area (Å²) >= 11 is 5.91. The summed E-state index contributed by atoms with van der Waals surface area (Å²) in [6.45, 7) is 1.81. The van der Waals surface area contributed by atoms with E-state index in [9.17, 15) is 18.0 Å². The number of carbonyl (C=O) groups excluding carboxylic acids is 1. The number of hydrogen-bond acceptors (Lipinski definition) is 5. The Morgan fingerprint density at radius 2 is 1.95 bits per heavy atom. The third-order valence-electron chi connectivity index (χ3n) is 2.56. The van der Waals surface area contributed by atoms with Crippen LogP contribution in [0.5, 0.6) is 0 Å². The molecule has 9 heteroatoms. The van der Waals surface area contributed by atoms with Gasteiger partial charge in [-0.2, -0.15) is 0 Å². The lowest BCUT2D eigenvalue weighted by molar-refractivity contribution is -0.100. The fourth-order valence-electron chi connectivity index (χ4n) is 1.64. The van der Waals surface area contributed by atoms with Crippen molar-refractivity contribution in [1.82, 2.24) is 5.06 Å². The van der Waals surface area contributed by atoms with E-state index in [1.165, 1.54) is 7.05 Å². The summed E-state index contributed by atoms with van der Waals surface area (Å²) in [7, 11) is -2.49. The van der Waals surface area contributed by atoms with E-state index in [0.717, 1.165) is 23.5 Å². The third-order valence-corrected chi connectivity index (χ3v) is 4.09. The van der Waals surface area contributed by atoms with Crippen molar-refractivity contribution in [3.63, 3.8) is 0 Å². The molecule has 1 rings (SSSR count). The molecule has 116 valence electrons. The van der Waals surface area contributed by atoms with Gasteiger partial charge in [-0.3, -0.25) is 9.63 Å². The van der Waals surface area contributed by atoms with E-state index in [0.29, 0.717) is 0 Å². The number of rotatable bonds is 5. The summed E-state index contributed by atoms with van der Waals surface area (Å²) < 4.78 is 23.5. The second-order valence-electron chi connectivity index (χ2n) is 4.10. The monoisotopic (exact) mass is 335 g/mol. The van der Waals surface area contributed by atoms with Gasteiger partial charge in [0, 0.05) is 13.3 Å². The maximum Gasteiger partial charge on any atom is 0.337 e. The van der Waals surface area contributed by atoms with Crippen molar-refractivity contribution in [2.75, 3.05) is 19.9 Å². The molecule has 21 heavy (non-hydrogen) atoms. The number of hydrogen-bond donors (Lipinski definition) is 1. The maximum absolute atomic E-state index is 12.3. The zero-order valence-corrected chi connectivity index (χ0v) is 13.2. The molecular formula is C12H14ClNO6S. The van der Waals surface area contributed by atoms with Crippen molar-refractivity contribution in [1.29, 1.82) is 0 Å². The number of amides is 1. The molecule has 0 atom stereocenters. The summed E-state index contributed by atoms with van der Waals surface area (Å²) in [6, 6.07) is 2.08. The molecule has 0 aliphatic carbocycles. The molecule has 0 saturated heterocycles. The predicted octanol–water partition coefficient (Wildman–Crippen LogP) is 1.47. The SMILES string of the molecule is CCON(C)C(=O)c1c(S(C)(=O)=O)ccc(C(=O)O)c1Cl. The standard InChI is InChI=1S/C12H14ClNO6S/c1-4-20-14(2)11(15)9-8(21(3,18)19)6-5-7(10(9)13)12(16)17/h5-6H,4H2,1-3H3,(H,16,17). The van der Waals surface area contributed by atoms with Crippen molar-refractivity contribution in [2.24, 2.45) is 0 Å². The number of benzene rings is 1. The van der Waals surface area contributed by atoms with Gasteiger partial charge in [0.15, 0.2) is 9.84 Å². The lowest BCUT2D eigenvalue weighted by Crippen LogP contribution is -2.29. The highest BCUT2D eigenvalue weighted by Gasteiger charge is 2.28. The number of nitrogens with zero attached hydrogens (tertiary/aromatic N) is 1. The van der Waals surface area contributed by atoms with Crippen molar-refractivity contribution in [3.8, 4) is 0 Å². The number of hydroxylamine groups is 2. The summed E-state index contributed by atoms with van der Waals surface area (Å²) in [6.07, 6.45) is 0.899. The molecule has 0 saturated carbocycles. The van der Waals surface area contributed by atoms with Gasteiger partial charge in [-0.15, -0.1) is 0 Å². The normalized spacial score (nSPS) is 11.2.